The van der Waals surface area contributed by atoms with Crippen molar-refractivity contribution in [3.8, 4) is 17.0 Å². The van der Waals surface area contributed by atoms with E-state index >= 15 is 0 Å². The number of nitrogens with two attached hydrogens (primary N) is 1. The van der Waals surface area contributed by atoms with Crippen LogP contribution in [0.2, 0.25) is 0 Å². The summed E-state index contributed by atoms with van der Waals surface area (Å²) in [5, 5.41) is 4.60. The first-order valence-corrected chi connectivity index (χ1v) is 6.90. The summed E-state index contributed by atoms with van der Waals surface area (Å²) in [6, 6.07) is 9.66. The Morgan fingerprint density at radius 3 is 2.90 bits per heavy atom. The van der Waals surface area contributed by atoms with E-state index in [1.165, 1.54) is 0 Å². The molecule has 0 amide bonds. The van der Waals surface area contributed by atoms with Gasteiger partial charge in [-0.2, -0.15) is 5.10 Å². The topological polar surface area (TPSA) is 65.4 Å². The molecule has 0 radical (unpaired) electrons. The minimum atomic E-state index is 0.396. The molecule has 0 unspecified atom stereocenters. The molecule has 5 nitrogen and oxygen atoms in total. The van der Waals surface area contributed by atoms with Crippen LogP contribution < -0.4 is 10.5 Å². The van der Waals surface area contributed by atoms with Gasteiger partial charge in [-0.25, -0.2) is 9.50 Å². The molecule has 3 rings (SSSR count). The zero-order valence-electron chi connectivity index (χ0n) is 10.9. The van der Waals surface area contributed by atoms with Gasteiger partial charge in [0.2, 0.25) is 0 Å². The number of aromatic nitrogens is 3. The van der Waals surface area contributed by atoms with Gasteiger partial charge in [0, 0.05) is 16.6 Å². The first kappa shape index (κ1) is 13.1. The van der Waals surface area contributed by atoms with Gasteiger partial charge in [-0.15, -0.1) is 0 Å². The fourth-order valence-electron chi connectivity index (χ4n) is 2.08. The van der Waals surface area contributed by atoms with E-state index in [9.17, 15) is 0 Å². The third kappa shape index (κ3) is 2.17. The lowest BCUT2D eigenvalue weighted by molar-refractivity contribution is 0.416. The first-order valence-electron chi connectivity index (χ1n) is 6.10. The minimum absolute atomic E-state index is 0.396. The van der Waals surface area contributed by atoms with Crippen molar-refractivity contribution in [2.45, 2.75) is 6.54 Å². The van der Waals surface area contributed by atoms with Crippen molar-refractivity contribution in [2.75, 3.05) is 7.11 Å². The van der Waals surface area contributed by atoms with Gasteiger partial charge < -0.3 is 10.5 Å². The molecule has 6 heteroatoms. The second kappa shape index (κ2) is 5.22. The van der Waals surface area contributed by atoms with Gasteiger partial charge in [0.15, 0.2) is 5.65 Å². The number of hydrogen-bond acceptors (Lipinski definition) is 4. The van der Waals surface area contributed by atoms with Crippen molar-refractivity contribution in [2.24, 2.45) is 5.73 Å². The molecule has 0 aliphatic heterocycles. The Hall–Kier alpha value is -1.92. The Morgan fingerprint density at radius 2 is 2.15 bits per heavy atom. The standard InChI is InChI=1S/C14H13BrN4O/c1-20-13-4-2-9(15)6-11(13)12-3-5-14-17-8-10(7-16)19(14)18-12/h2-6,8H,7,16H2,1H3. The zero-order chi connectivity index (χ0) is 14.1. The van der Waals surface area contributed by atoms with E-state index in [1.807, 2.05) is 30.3 Å². The molecule has 0 atom stereocenters. The highest BCUT2D eigenvalue weighted by Crippen LogP contribution is 2.31. The number of rotatable bonds is 3. The summed E-state index contributed by atoms with van der Waals surface area (Å²) in [4.78, 5) is 4.26. The molecule has 0 saturated heterocycles. The van der Waals surface area contributed by atoms with Gasteiger partial charge in [0.1, 0.15) is 5.75 Å². The van der Waals surface area contributed by atoms with Crippen LogP contribution in [0.15, 0.2) is 41.0 Å². The normalized spacial score (nSPS) is 10.9. The largest absolute Gasteiger partial charge is 0.496 e. The number of hydrogen-bond donors (Lipinski definition) is 1. The number of nitrogens with zero attached hydrogens (tertiary/aromatic N) is 3. The first-order chi connectivity index (χ1) is 9.72. The van der Waals surface area contributed by atoms with Gasteiger partial charge in [-0.05, 0) is 30.3 Å². The SMILES string of the molecule is COc1ccc(Br)cc1-c1ccc2ncc(CN)n2n1. The van der Waals surface area contributed by atoms with Crippen molar-refractivity contribution in [1.29, 1.82) is 0 Å². The summed E-state index contributed by atoms with van der Waals surface area (Å²) in [6.45, 7) is 0.396. The molecular formula is C14H13BrN4O. The Balaban J connectivity index is 2.21. The number of imidazole rings is 1. The number of halogens is 1. The quantitative estimate of drug-likeness (QED) is 0.800. The summed E-state index contributed by atoms with van der Waals surface area (Å²) in [6.07, 6.45) is 1.74. The molecule has 102 valence electrons. The lowest BCUT2D eigenvalue weighted by atomic mass is 10.1. The monoisotopic (exact) mass is 332 g/mol. The molecule has 3 aromatic rings. The molecule has 2 heterocycles. The van der Waals surface area contributed by atoms with Crippen LogP contribution >= 0.6 is 15.9 Å². The highest BCUT2D eigenvalue weighted by molar-refractivity contribution is 9.10. The number of fused-ring (bicyclic) bond motifs is 1. The molecule has 0 fully saturated rings. The second-order valence-electron chi connectivity index (χ2n) is 4.29. The summed E-state index contributed by atoms with van der Waals surface area (Å²) in [7, 11) is 1.65. The van der Waals surface area contributed by atoms with Crippen LogP contribution in [0.1, 0.15) is 5.69 Å². The summed E-state index contributed by atoms with van der Waals surface area (Å²) in [5.41, 5.74) is 9.07. The summed E-state index contributed by atoms with van der Waals surface area (Å²) in [5.74, 6) is 0.773. The average Bonchev–Trinajstić information content (AvgIpc) is 2.89. The van der Waals surface area contributed by atoms with Crippen LogP contribution in [0, 0.1) is 0 Å². The summed E-state index contributed by atoms with van der Waals surface area (Å²) >= 11 is 3.47. The Labute approximate surface area is 124 Å². The molecule has 1 aromatic carbocycles. The second-order valence-corrected chi connectivity index (χ2v) is 5.20. The van der Waals surface area contributed by atoms with E-state index in [1.54, 1.807) is 17.8 Å². The van der Waals surface area contributed by atoms with Crippen molar-refractivity contribution < 1.29 is 4.74 Å². The van der Waals surface area contributed by atoms with Crippen LogP contribution in [0.5, 0.6) is 5.75 Å². The lowest BCUT2D eigenvalue weighted by Gasteiger charge is -2.09. The molecule has 0 bridgehead atoms. The van der Waals surface area contributed by atoms with Crippen LogP contribution in [0.4, 0.5) is 0 Å². The van der Waals surface area contributed by atoms with Gasteiger partial charge in [-0.1, -0.05) is 15.9 Å². The molecule has 20 heavy (non-hydrogen) atoms. The lowest BCUT2D eigenvalue weighted by Crippen LogP contribution is -2.04. The van der Waals surface area contributed by atoms with Crippen molar-refractivity contribution >= 4 is 21.6 Å². The maximum atomic E-state index is 5.70. The van der Waals surface area contributed by atoms with E-state index in [-0.39, 0.29) is 0 Å². The average molecular weight is 333 g/mol. The number of ether oxygens (including phenoxy) is 1. The van der Waals surface area contributed by atoms with E-state index in [2.05, 4.69) is 26.0 Å². The van der Waals surface area contributed by atoms with E-state index in [0.717, 1.165) is 32.8 Å². The van der Waals surface area contributed by atoms with E-state index in [0.29, 0.717) is 6.54 Å². The van der Waals surface area contributed by atoms with Crippen LogP contribution in [0.25, 0.3) is 16.9 Å². The van der Waals surface area contributed by atoms with Crippen LogP contribution in [-0.2, 0) is 6.54 Å². The molecule has 0 aliphatic rings. The smallest absolute Gasteiger partial charge is 0.153 e. The molecule has 0 saturated carbocycles. The maximum absolute atomic E-state index is 5.70. The van der Waals surface area contributed by atoms with Crippen molar-refractivity contribution in [1.82, 2.24) is 14.6 Å². The molecular weight excluding hydrogens is 320 g/mol. The Morgan fingerprint density at radius 1 is 1.30 bits per heavy atom. The third-order valence-corrected chi connectivity index (χ3v) is 3.57. The van der Waals surface area contributed by atoms with Crippen LogP contribution in [-0.4, -0.2) is 21.7 Å². The van der Waals surface area contributed by atoms with E-state index < -0.39 is 0 Å². The highest BCUT2D eigenvalue weighted by Gasteiger charge is 2.10. The molecule has 2 N–H and O–H groups in total. The number of methoxy groups -OCH3 is 1. The third-order valence-electron chi connectivity index (χ3n) is 3.08. The Kier molecular flexibility index (Phi) is 3.42. The number of benzene rings is 1. The van der Waals surface area contributed by atoms with Crippen molar-refractivity contribution in [3.05, 3.63) is 46.7 Å². The predicted molar refractivity (Wildman–Crippen MR) is 80.6 cm³/mol. The van der Waals surface area contributed by atoms with Crippen molar-refractivity contribution in [3.63, 3.8) is 0 Å². The molecule has 2 aromatic heterocycles. The van der Waals surface area contributed by atoms with Gasteiger partial charge in [-0.3, -0.25) is 0 Å². The zero-order valence-corrected chi connectivity index (χ0v) is 12.5. The van der Waals surface area contributed by atoms with Gasteiger partial charge >= 0.3 is 0 Å². The fraction of sp³-hybridized carbons (Fsp3) is 0.143. The van der Waals surface area contributed by atoms with Gasteiger partial charge in [0.05, 0.1) is 24.7 Å². The van der Waals surface area contributed by atoms with Gasteiger partial charge in [0.25, 0.3) is 0 Å². The predicted octanol–water partition coefficient (Wildman–Crippen LogP) is 2.63. The van der Waals surface area contributed by atoms with E-state index in [4.69, 9.17) is 10.5 Å². The maximum Gasteiger partial charge on any atom is 0.153 e. The molecule has 0 spiro atoms. The minimum Gasteiger partial charge on any atom is -0.496 e. The van der Waals surface area contributed by atoms with Crippen LogP contribution in [0.3, 0.4) is 0 Å². The molecule has 0 aliphatic carbocycles. The highest BCUT2D eigenvalue weighted by atomic mass is 79.9. The fourth-order valence-corrected chi connectivity index (χ4v) is 2.45. The summed E-state index contributed by atoms with van der Waals surface area (Å²) < 4.78 is 8.13. The Bertz CT molecular complexity index is 769.